The second kappa shape index (κ2) is 6.06. The third-order valence-corrected chi connectivity index (χ3v) is 3.94. The molecule has 0 aliphatic rings. The van der Waals surface area contributed by atoms with Crippen molar-refractivity contribution < 1.29 is 18.3 Å². The molecule has 17 heavy (non-hydrogen) atoms. The number of aliphatic carboxylic acids is 1. The second-order valence-corrected chi connectivity index (χ2v) is 6.77. The molecule has 0 saturated heterocycles. The molecule has 96 valence electrons. The molecular formula is C9H14N2O4S2. The lowest BCUT2D eigenvalue weighted by Gasteiger charge is -2.05. The molecule has 8 heteroatoms. The van der Waals surface area contributed by atoms with Gasteiger partial charge in [-0.3, -0.25) is 4.79 Å². The molecule has 0 radical (unpaired) electrons. The van der Waals surface area contributed by atoms with Crippen molar-refractivity contribution in [1.29, 1.82) is 0 Å². The normalized spacial score (nSPS) is 11.6. The number of sulfone groups is 1. The molecule has 0 bridgehead atoms. The van der Waals surface area contributed by atoms with E-state index in [4.69, 9.17) is 5.11 Å². The van der Waals surface area contributed by atoms with Crippen molar-refractivity contribution in [2.45, 2.75) is 18.1 Å². The monoisotopic (exact) mass is 278 g/mol. The van der Waals surface area contributed by atoms with E-state index in [0.717, 1.165) is 11.8 Å². The third kappa shape index (κ3) is 5.73. The Bertz CT molecular complexity index is 481. The largest absolute Gasteiger partial charge is 0.481 e. The summed E-state index contributed by atoms with van der Waals surface area (Å²) in [6, 6.07) is 0. The molecule has 1 rings (SSSR count). The van der Waals surface area contributed by atoms with Crippen molar-refractivity contribution in [3.63, 3.8) is 0 Å². The number of aryl methyl sites for hydroxylation is 1. The van der Waals surface area contributed by atoms with E-state index in [1.54, 1.807) is 17.0 Å². The quantitative estimate of drug-likeness (QED) is 0.730. The summed E-state index contributed by atoms with van der Waals surface area (Å²) in [4.78, 5) is 14.4. The van der Waals surface area contributed by atoms with Crippen LogP contribution in [0.3, 0.4) is 0 Å². The standard InChI is InChI=1S/C9H14N2O4S2/c1-17(14,15)6-2-4-11-5-3-10-9(11)16-7-8(12)13/h3,5H,2,4,6-7H2,1H3,(H,12,13). The van der Waals surface area contributed by atoms with Crippen LogP contribution < -0.4 is 0 Å². The van der Waals surface area contributed by atoms with Gasteiger partial charge in [0.25, 0.3) is 0 Å². The maximum absolute atomic E-state index is 11.0. The fourth-order valence-corrected chi connectivity index (χ4v) is 2.59. The first-order chi connectivity index (χ1) is 7.88. The maximum Gasteiger partial charge on any atom is 0.313 e. The molecule has 0 fully saturated rings. The summed E-state index contributed by atoms with van der Waals surface area (Å²) in [5, 5.41) is 9.15. The molecule has 0 atom stereocenters. The summed E-state index contributed by atoms with van der Waals surface area (Å²) >= 11 is 1.12. The van der Waals surface area contributed by atoms with Gasteiger partial charge in [0.2, 0.25) is 0 Å². The van der Waals surface area contributed by atoms with Gasteiger partial charge < -0.3 is 9.67 Å². The van der Waals surface area contributed by atoms with Crippen molar-refractivity contribution in [2.24, 2.45) is 0 Å². The van der Waals surface area contributed by atoms with Crippen molar-refractivity contribution in [1.82, 2.24) is 9.55 Å². The Hall–Kier alpha value is -1.02. The molecule has 1 aromatic rings. The molecule has 1 heterocycles. The van der Waals surface area contributed by atoms with Crippen LogP contribution in [0.2, 0.25) is 0 Å². The van der Waals surface area contributed by atoms with Gasteiger partial charge >= 0.3 is 5.97 Å². The predicted octanol–water partition coefficient (Wildman–Crippen LogP) is 0.495. The van der Waals surface area contributed by atoms with Crippen LogP contribution in [0.15, 0.2) is 17.6 Å². The summed E-state index contributed by atoms with van der Waals surface area (Å²) < 4.78 is 23.7. The van der Waals surface area contributed by atoms with Gasteiger partial charge in [-0.15, -0.1) is 0 Å². The van der Waals surface area contributed by atoms with Crippen molar-refractivity contribution in [2.75, 3.05) is 17.8 Å². The average Bonchev–Trinajstić information content (AvgIpc) is 2.60. The Morgan fingerprint density at radius 1 is 1.59 bits per heavy atom. The molecule has 0 saturated carbocycles. The molecule has 1 aromatic heterocycles. The highest BCUT2D eigenvalue weighted by Gasteiger charge is 2.07. The smallest absolute Gasteiger partial charge is 0.313 e. The van der Waals surface area contributed by atoms with Gasteiger partial charge in [-0.05, 0) is 6.42 Å². The van der Waals surface area contributed by atoms with Crippen LogP contribution in [0, 0.1) is 0 Å². The highest BCUT2D eigenvalue weighted by Crippen LogP contribution is 2.15. The van der Waals surface area contributed by atoms with Crippen LogP contribution >= 0.6 is 11.8 Å². The summed E-state index contributed by atoms with van der Waals surface area (Å²) in [5.74, 6) is -0.835. The van der Waals surface area contributed by atoms with Crippen molar-refractivity contribution in [3.8, 4) is 0 Å². The van der Waals surface area contributed by atoms with Gasteiger partial charge in [0.15, 0.2) is 5.16 Å². The molecule has 0 aliphatic heterocycles. The Balaban J connectivity index is 2.48. The number of carboxylic acid groups (broad SMARTS) is 1. The molecular weight excluding hydrogens is 264 g/mol. The minimum atomic E-state index is -2.95. The van der Waals surface area contributed by atoms with Crippen LogP contribution in [0.25, 0.3) is 0 Å². The van der Waals surface area contributed by atoms with Crippen LogP contribution in [0.4, 0.5) is 0 Å². The predicted molar refractivity (Wildman–Crippen MR) is 64.9 cm³/mol. The van der Waals surface area contributed by atoms with E-state index in [1.807, 2.05) is 0 Å². The molecule has 0 aliphatic carbocycles. The van der Waals surface area contributed by atoms with Crippen molar-refractivity contribution >= 4 is 27.6 Å². The van der Waals surface area contributed by atoms with Gasteiger partial charge in [0, 0.05) is 25.2 Å². The number of aromatic nitrogens is 2. The molecule has 0 unspecified atom stereocenters. The number of hydrogen-bond donors (Lipinski definition) is 1. The van der Waals surface area contributed by atoms with Gasteiger partial charge in [-0.1, -0.05) is 11.8 Å². The van der Waals surface area contributed by atoms with E-state index in [1.165, 1.54) is 6.26 Å². The summed E-state index contributed by atoms with van der Waals surface area (Å²) in [5.41, 5.74) is 0. The molecule has 0 spiro atoms. The summed E-state index contributed by atoms with van der Waals surface area (Å²) in [6.45, 7) is 0.523. The number of nitrogens with zero attached hydrogens (tertiary/aromatic N) is 2. The van der Waals surface area contributed by atoms with Gasteiger partial charge in [-0.2, -0.15) is 0 Å². The SMILES string of the molecule is CS(=O)(=O)CCCn1ccnc1SCC(=O)O. The minimum Gasteiger partial charge on any atom is -0.481 e. The lowest BCUT2D eigenvalue weighted by molar-refractivity contribution is -0.133. The first-order valence-electron chi connectivity index (χ1n) is 4.92. The average molecular weight is 278 g/mol. The van der Waals surface area contributed by atoms with E-state index < -0.39 is 15.8 Å². The number of hydrogen-bond acceptors (Lipinski definition) is 5. The molecule has 6 nitrogen and oxygen atoms in total. The zero-order valence-electron chi connectivity index (χ0n) is 9.37. The number of imidazole rings is 1. The van der Waals surface area contributed by atoms with Crippen LogP contribution in [0.1, 0.15) is 6.42 Å². The topological polar surface area (TPSA) is 89.3 Å². The molecule has 0 aromatic carbocycles. The lowest BCUT2D eigenvalue weighted by Crippen LogP contribution is -2.08. The Labute approximate surface area is 104 Å². The van der Waals surface area contributed by atoms with E-state index in [2.05, 4.69) is 4.98 Å². The zero-order chi connectivity index (χ0) is 12.9. The minimum absolute atomic E-state index is 0.0525. The Morgan fingerprint density at radius 3 is 2.88 bits per heavy atom. The maximum atomic E-state index is 11.0. The second-order valence-electron chi connectivity index (χ2n) is 3.57. The number of thioether (sulfide) groups is 1. The fraction of sp³-hybridized carbons (Fsp3) is 0.556. The van der Waals surface area contributed by atoms with E-state index in [0.29, 0.717) is 18.1 Å². The Kier molecular flexibility index (Phi) is 5.01. The van der Waals surface area contributed by atoms with Crippen LogP contribution in [0.5, 0.6) is 0 Å². The highest BCUT2D eigenvalue weighted by molar-refractivity contribution is 7.99. The molecule has 0 amide bonds. The first kappa shape index (κ1) is 14.0. The van der Waals surface area contributed by atoms with E-state index in [9.17, 15) is 13.2 Å². The summed E-state index contributed by atoms with van der Waals surface area (Å²) in [6.07, 6.45) is 4.98. The molecule has 1 N–H and O–H groups in total. The zero-order valence-corrected chi connectivity index (χ0v) is 11.0. The Morgan fingerprint density at radius 2 is 2.29 bits per heavy atom. The van der Waals surface area contributed by atoms with Gasteiger partial charge in [0.1, 0.15) is 9.84 Å². The third-order valence-electron chi connectivity index (χ3n) is 1.92. The fourth-order valence-electron chi connectivity index (χ4n) is 1.23. The number of carboxylic acids is 1. The van der Waals surface area contributed by atoms with Crippen molar-refractivity contribution in [3.05, 3.63) is 12.4 Å². The first-order valence-corrected chi connectivity index (χ1v) is 7.96. The number of rotatable bonds is 7. The van der Waals surface area contributed by atoms with Crippen LogP contribution in [-0.2, 0) is 21.2 Å². The van der Waals surface area contributed by atoms with Crippen LogP contribution in [-0.4, -0.2) is 46.8 Å². The van der Waals surface area contributed by atoms with E-state index in [-0.39, 0.29) is 11.5 Å². The van der Waals surface area contributed by atoms with Gasteiger partial charge in [0.05, 0.1) is 11.5 Å². The van der Waals surface area contributed by atoms with Gasteiger partial charge in [-0.25, -0.2) is 13.4 Å². The highest BCUT2D eigenvalue weighted by atomic mass is 32.2. The lowest BCUT2D eigenvalue weighted by atomic mass is 10.5. The number of carbonyl (C=O) groups is 1. The summed E-state index contributed by atoms with van der Waals surface area (Å²) in [7, 11) is -2.95. The van der Waals surface area contributed by atoms with E-state index >= 15 is 0 Å².